The summed E-state index contributed by atoms with van der Waals surface area (Å²) in [7, 11) is 1.50. The van der Waals surface area contributed by atoms with Crippen LogP contribution in [0.5, 0.6) is 5.75 Å². The number of nitriles is 1. The molecular weight excluding hydrogens is 731 g/mol. The number of piperidine rings is 1. The van der Waals surface area contributed by atoms with Crippen molar-refractivity contribution in [2.45, 2.75) is 83.0 Å². The van der Waals surface area contributed by atoms with E-state index in [9.17, 15) is 29.2 Å². The van der Waals surface area contributed by atoms with Crippen molar-refractivity contribution >= 4 is 52.7 Å². The number of fused-ring (bicyclic) bond motifs is 4. The van der Waals surface area contributed by atoms with E-state index in [0.29, 0.717) is 45.5 Å². The number of benzene rings is 2. The molecule has 5 amide bonds. The number of methoxy groups -OCH3 is 1. The monoisotopic (exact) mass is 771 g/mol. The first kappa shape index (κ1) is 37.1. The van der Waals surface area contributed by atoms with Gasteiger partial charge in [0.15, 0.2) is 11.5 Å². The summed E-state index contributed by atoms with van der Waals surface area (Å²) in [4.78, 5) is 81.1. The van der Waals surface area contributed by atoms with Crippen molar-refractivity contribution in [3.8, 4) is 17.5 Å². The largest absolute Gasteiger partial charge is 0.495 e. The summed E-state index contributed by atoms with van der Waals surface area (Å²) in [5.41, 5.74) is 4.30. The zero-order valence-electron chi connectivity index (χ0n) is 31.5. The number of nitrogens with zero attached hydrogens (tertiary/aromatic N) is 7. The van der Waals surface area contributed by atoms with Crippen LogP contribution in [0.3, 0.4) is 0 Å². The Morgan fingerprint density at radius 2 is 1.89 bits per heavy atom. The lowest BCUT2D eigenvalue weighted by Gasteiger charge is -2.41. The minimum atomic E-state index is -0.768. The Bertz CT molecular complexity index is 2350. The minimum Gasteiger partial charge on any atom is -0.495 e. The van der Waals surface area contributed by atoms with E-state index in [4.69, 9.17) is 9.72 Å². The van der Waals surface area contributed by atoms with Gasteiger partial charge in [0, 0.05) is 54.4 Å². The van der Waals surface area contributed by atoms with Crippen molar-refractivity contribution in [3.63, 3.8) is 0 Å². The highest BCUT2D eigenvalue weighted by atomic mass is 16.5. The molecule has 2 fully saturated rings. The molecule has 0 bridgehead atoms. The Kier molecular flexibility index (Phi) is 10.0. The molecule has 0 spiro atoms. The van der Waals surface area contributed by atoms with E-state index in [1.807, 2.05) is 4.57 Å². The van der Waals surface area contributed by atoms with Gasteiger partial charge in [0.2, 0.25) is 23.7 Å². The molecule has 8 rings (SSSR count). The molecule has 4 aliphatic rings. The zero-order valence-corrected chi connectivity index (χ0v) is 31.5. The van der Waals surface area contributed by atoms with E-state index in [0.717, 1.165) is 49.3 Å². The van der Waals surface area contributed by atoms with E-state index >= 15 is 0 Å². The summed E-state index contributed by atoms with van der Waals surface area (Å²) in [6.45, 7) is 2.26. The molecule has 1 unspecified atom stereocenters. The van der Waals surface area contributed by atoms with Crippen molar-refractivity contribution < 1.29 is 28.7 Å². The molecule has 1 aliphatic carbocycles. The Hall–Kier alpha value is -6.83. The fourth-order valence-electron chi connectivity index (χ4n) is 8.38. The molecule has 3 aliphatic heterocycles. The maximum absolute atomic E-state index is 13.2. The van der Waals surface area contributed by atoms with Crippen LogP contribution < -0.4 is 30.9 Å². The molecule has 4 N–H and O–H groups in total. The summed E-state index contributed by atoms with van der Waals surface area (Å²) >= 11 is 0. The van der Waals surface area contributed by atoms with Crippen molar-refractivity contribution in [1.29, 1.82) is 5.26 Å². The molecular formula is C40H41N11O6. The number of imidazole rings is 1. The molecule has 1 saturated heterocycles. The van der Waals surface area contributed by atoms with E-state index in [1.165, 1.54) is 12.0 Å². The number of carbonyl (C=O) groups is 5. The summed E-state index contributed by atoms with van der Waals surface area (Å²) in [6, 6.07) is 11.6. The van der Waals surface area contributed by atoms with Crippen LogP contribution in [0.2, 0.25) is 0 Å². The zero-order chi connectivity index (χ0) is 39.8. The molecule has 2 atom stereocenters. The summed E-state index contributed by atoms with van der Waals surface area (Å²) < 4.78 is 7.57. The van der Waals surface area contributed by atoms with Crippen LogP contribution in [0, 0.1) is 11.3 Å². The van der Waals surface area contributed by atoms with Crippen molar-refractivity contribution in [2.75, 3.05) is 29.2 Å². The van der Waals surface area contributed by atoms with Crippen LogP contribution in [0.4, 0.5) is 23.1 Å². The molecule has 2 aromatic heterocycles. The number of hydrogen-bond donors (Lipinski definition) is 4. The summed E-state index contributed by atoms with van der Waals surface area (Å²) in [5.74, 6) is -0.504. The van der Waals surface area contributed by atoms with Crippen molar-refractivity contribution in [1.82, 2.24) is 35.1 Å². The van der Waals surface area contributed by atoms with Gasteiger partial charge in [-0.2, -0.15) is 10.2 Å². The SMILES string of the molecule is CC[C@@H]1c2c(C#N)ncn2-c2cnc(Nc3ccc(C(=O)NCCC(=O)Nc4cccc5c4CN(C4CCC(=O)NC4=O)C5=O)cc3OC)nc2N1C1CCCC1. The second kappa shape index (κ2) is 15.4. The average Bonchev–Trinajstić information content (AvgIpc) is 3.98. The lowest BCUT2D eigenvalue weighted by molar-refractivity contribution is -0.137. The van der Waals surface area contributed by atoms with Crippen molar-refractivity contribution in [2.24, 2.45) is 0 Å². The third kappa shape index (κ3) is 6.87. The number of carbonyl (C=O) groups excluding carboxylic acids is 5. The quantitative estimate of drug-likeness (QED) is 0.159. The van der Waals surface area contributed by atoms with Gasteiger partial charge in [-0.1, -0.05) is 25.8 Å². The van der Waals surface area contributed by atoms with Crippen LogP contribution in [0.15, 0.2) is 48.9 Å². The molecule has 4 aromatic rings. The van der Waals surface area contributed by atoms with E-state index in [1.54, 1.807) is 48.9 Å². The molecule has 57 heavy (non-hydrogen) atoms. The van der Waals surface area contributed by atoms with Gasteiger partial charge < -0.3 is 30.5 Å². The number of anilines is 4. The standard InChI is InChI=1S/C40H41N11O6/c1-3-29-35-28(18-41)44-21-50(35)31-19-43-40(48-36(31)51(29)23-7-4-5-8-23)46-27-12-11-22(17-32(27)57-2)37(54)42-16-15-34(53)45-26-10-6-9-24-25(26)20-49(39(24)56)30-13-14-33(52)47-38(30)55/h6,9-12,17,19,21,23,29-30H,3-5,7-8,13-16,20H2,1-2H3,(H,42,54)(H,45,53)(H,43,46,48)(H,47,52,55)/t29-,30?/m1/s1. The number of nitrogens with one attached hydrogen (secondary N) is 4. The normalized spacial score (nSPS) is 18.6. The highest BCUT2D eigenvalue weighted by Crippen LogP contribution is 2.45. The maximum atomic E-state index is 13.2. The van der Waals surface area contributed by atoms with Gasteiger partial charge in [0.1, 0.15) is 29.9 Å². The maximum Gasteiger partial charge on any atom is 0.255 e. The fraction of sp³-hybridized carbons (Fsp3) is 0.375. The number of rotatable bonds is 11. The Labute approximate surface area is 327 Å². The van der Waals surface area contributed by atoms with Gasteiger partial charge in [-0.05, 0) is 56.0 Å². The third-order valence-corrected chi connectivity index (χ3v) is 11.1. The third-order valence-electron chi connectivity index (χ3n) is 11.1. The second-order valence-corrected chi connectivity index (χ2v) is 14.5. The van der Waals surface area contributed by atoms with Gasteiger partial charge in [-0.3, -0.25) is 33.9 Å². The molecule has 1 saturated carbocycles. The predicted molar refractivity (Wildman–Crippen MR) is 206 cm³/mol. The molecule has 17 heteroatoms. The first-order valence-electron chi connectivity index (χ1n) is 19.1. The lowest BCUT2D eigenvalue weighted by atomic mass is 10.0. The second-order valence-electron chi connectivity index (χ2n) is 14.5. The Morgan fingerprint density at radius 1 is 1.07 bits per heavy atom. The molecule has 0 radical (unpaired) electrons. The van der Waals surface area contributed by atoms with Gasteiger partial charge in [0.05, 0.1) is 30.7 Å². The molecule has 292 valence electrons. The fourth-order valence-corrected chi connectivity index (χ4v) is 8.38. The number of ether oxygens (including phenoxy) is 1. The highest BCUT2D eigenvalue weighted by molar-refractivity contribution is 6.07. The van der Waals surface area contributed by atoms with Gasteiger partial charge in [0.25, 0.3) is 11.8 Å². The van der Waals surface area contributed by atoms with Crippen LogP contribution in [-0.2, 0) is 20.9 Å². The number of hydrogen-bond acceptors (Lipinski definition) is 12. The summed E-state index contributed by atoms with van der Waals surface area (Å²) in [6.07, 6.45) is 8.83. The first-order chi connectivity index (χ1) is 27.7. The van der Waals surface area contributed by atoms with Crippen molar-refractivity contribution in [3.05, 3.63) is 77.0 Å². The van der Waals surface area contributed by atoms with Gasteiger partial charge in [-0.25, -0.2) is 9.97 Å². The van der Waals surface area contributed by atoms with E-state index < -0.39 is 17.9 Å². The summed E-state index contributed by atoms with van der Waals surface area (Å²) in [5, 5.41) is 21.0. The number of aromatic nitrogens is 4. The van der Waals surface area contributed by atoms with E-state index in [-0.39, 0.29) is 62.2 Å². The van der Waals surface area contributed by atoms with Crippen LogP contribution in [0.1, 0.15) is 102 Å². The number of imide groups is 1. The molecule has 2 aromatic carbocycles. The number of amides is 5. The average molecular weight is 772 g/mol. The van der Waals surface area contributed by atoms with Crippen LogP contribution in [-0.4, -0.2) is 79.7 Å². The first-order valence-corrected chi connectivity index (χ1v) is 19.1. The molecule has 5 heterocycles. The van der Waals surface area contributed by atoms with Crippen LogP contribution in [0.25, 0.3) is 5.69 Å². The van der Waals surface area contributed by atoms with Crippen LogP contribution >= 0.6 is 0 Å². The van der Waals surface area contributed by atoms with Gasteiger partial charge >= 0.3 is 0 Å². The smallest absolute Gasteiger partial charge is 0.255 e. The lowest BCUT2D eigenvalue weighted by Crippen LogP contribution is -2.52. The molecule has 17 nitrogen and oxygen atoms in total. The van der Waals surface area contributed by atoms with Gasteiger partial charge in [-0.15, -0.1) is 0 Å². The predicted octanol–water partition coefficient (Wildman–Crippen LogP) is 4.02. The minimum absolute atomic E-state index is 0.0387. The Balaban J connectivity index is 0.913. The Morgan fingerprint density at radius 3 is 2.65 bits per heavy atom. The highest BCUT2D eigenvalue weighted by Gasteiger charge is 2.41. The topological polar surface area (TPSA) is 217 Å². The van der Waals surface area contributed by atoms with E-state index in [2.05, 4.69) is 49.1 Å².